The number of rotatable bonds is 3. The van der Waals surface area contributed by atoms with E-state index in [1.165, 1.54) is 106 Å². The van der Waals surface area contributed by atoms with E-state index in [4.69, 9.17) is 0 Å². The Morgan fingerprint density at radius 1 is 0.300 bits per heavy atom. The van der Waals surface area contributed by atoms with E-state index in [0.717, 1.165) is 0 Å². The summed E-state index contributed by atoms with van der Waals surface area (Å²) in [7, 11) is 0. The minimum Gasteiger partial charge on any atom is -0.135 e. The Morgan fingerprint density at radius 3 is 1.42 bits per heavy atom. The van der Waals surface area contributed by atoms with Gasteiger partial charge in [-0.1, -0.05) is 140 Å². The second-order valence-corrected chi connectivity index (χ2v) is 15.3. The lowest BCUT2D eigenvalue weighted by Gasteiger charge is -2.18. The fourth-order valence-electron chi connectivity index (χ4n) is 8.24. The fourth-order valence-corrected chi connectivity index (χ4v) is 10.6. The van der Waals surface area contributed by atoms with Crippen LogP contribution in [0.5, 0.6) is 0 Å². The lowest BCUT2D eigenvalue weighted by Crippen LogP contribution is -1.90. The monoisotopic (exact) mass is 668 g/mol. The van der Waals surface area contributed by atoms with Crippen LogP contribution < -0.4 is 0 Å². The summed E-state index contributed by atoms with van der Waals surface area (Å²) in [4.78, 5) is 0. The van der Waals surface area contributed by atoms with Crippen molar-refractivity contribution in [2.75, 3.05) is 0 Å². The van der Waals surface area contributed by atoms with E-state index < -0.39 is 0 Å². The molecule has 0 aliphatic carbocycles. The van der Waals surface area contributed by atoms with Crippen molar-refractivity contribution in [2.45, 2.75) is 0 Å². The molecule has 0 fully saturated rings. The molecule has 0 atom stereocenters. The second kappa shape index (κ2) is 10.9. The van der Waals surface area contributed by atoms with E-state index in [1.807, 2.05) is 22.7 Å². The first-order chi connectivity index (χ1) is 24.8. The van der Waals surface area contributed by atoms with Gasteiger partial charge in [-0.05, 0) is 90.5 Å². The molecule has 0 aliphatic heterocycles. The quantitative estimate of drug-likeness (QED) is 0.164. The molecule has 0 unspecified atom stereocenters. The molecule has 0 nitrogen and oxygen atoms in total. The maximum absolute atomic E-state index is 2.44. The van der Waals surface area contributed by atoms with E-state index in [1.54, 1.807) is 0 Å². The summed E-state index contributed by atoms with van der Waals surface area (Å²) < 4.78 is 5.41. The second-order valence-electron chi connectivity index (χ2n) is 13.2. The number of fused-ring (bicyclic) bond motifs is 10. The van der Waals surface area contributed by atoms with E-state index in [-0.39, 0.29) is 0 Å². The highest BCUT2D eigenvalue weighted by Gasteiger charge is 2.19. The molecule has 0 saturated heterocycles. The van der Waals surface area contributed by atoms with Gasteiger partial charge in [0.2, 0.25) is 0 Å². The molecule has 11 rings (SSSR count). The number of benzene rings is 9. The van der Waals surface area contributed by atoms with Crippen LogP contribution in [0.25, 0.3) is 106 Å². The van der Waals surface area contributed by atoms with Crippen molar-refractivity contribution in [1.82, 2.24) is 0 Å². The molecule has 0 N–H and O–H groups in total. The van der Waals surface area contributed by atoms with Crippen molar-refractivity contribution in [3.8, 4) is 33.4 Å². The predicted octanol–water partition coefficient (Wildman–Crippen LogP) is 14.9. The molecule has 2 heterocycles. The first kappa shape index (κ1) is 28.1. The lowest BCUT2D eigenvalue weighted by atomic mass is 9.85. The molecule has 50 heavy (non-hydrogen) atoms. The van der Waals surface area contributed by atoms with Crippen molar-refractivity contribution >= 4 is 95.3 Å². The third kappa shape index (κ3) is 4.10. The Labute approximate surface area is 297 Å². The maximum Gasteiger partial charge on any atom is 0.0441 e. The normalized spacial score (nSPS) is 12.0. The minimum absolute atomic E-state index is 1.25. The van der Waals surface area contributed by atoms with Crippen molar-refractivity contribution in [2.24, 2.45) is 0 Å². The molecule has 2 aromatic heterocycles. The van der Waals surface area contributed by atoms with E-state index >= 15 is 0 Å². The Hall–Kier alpha value is -5.80. The molecular weight excluding hydrogens is 641 g/mol. The average Bonchev–Trinajstić information content (AvgIpc) is 3.75. The van der Waals surface area contributed by atoms with Gasteiger partial charge in [0.25, 0.3) is 0 Å². The van der Waals surface area contributed by atoms with Gasteiger partial charge in [0.15, 0.2) is 0 Å². The van der Waals surface area contributed by atoms with Gasteiger partial charge >= 0.3 is 0 Å². The molecule has 0 aliphatic rings. The molecule has 232 valence electrons. The lowest BCUT2D eigenvalue weighted by molar-refractivity contribution is 1.66. The Balaban J connectivity index is 1.13. The summed E-state index contributed by atoms with van der Waals surface area (Å²) in [6.07, 6.45) is 0. The van der Waals surface area contributed by atoms with Gasteiger partial charge in [0.1, 0.15) is 0 Å². The van der Waals surface area contributed by atoms with Crippen LogP contribution >= 0.6 is 22.7 Å². The Bertz CT molecular complexity index is 3080. The maximum atomic E-state index is 2.44. The smallest absolute Gasteiger partial charge is 0.0441 e. The molecule has 2 heteroatoms. The number of hydrogen-bond acceptors (Lipinski definition) is 2. The molecular formula is C48H28S2. The van der Waals surface area contributed by atoms with Crippen LogP contribution in [0.1, 0.15) is 0 Å². The van der Waals surface area contributed by atoms with Crippen molar-refractivity contribution in [1.29, 1.82) is 0 Å². The van der Waals surface area contributed by atoms with Gasteiger partial charge in [-0.2, -0.15) is 0 Å². The van der Waals surface area contributed by atoms with Gasteiger partial charge in [0.05, 0.1) is 0 Å². The molecule has 0 radical (unpaired) electrons. The number of thiophene rings is 2. The Morgan fingerprint density at radius 2 is 0.780 bits per heavy atom. The minimum atomic E-state index is 1.25. The van der Waals surface area contributed by atoms with Gasteiger partial charge in [0, 0.05) is 45.9 Å². The first-order valence-electron chi connectivity index (χ1n) is 17.1. The van der Waals surface area contributed by atoms with Gasteiger partial charge < -0.3 is 0 Å². The average molecular weight is 669 g/mol. The molecule has 0 bridgehead atoms. The fraction of sp³-hybridized carbons (Fsp3) is 0. The van der Waals surface area contributed by atoms with Gasteiger partial charge in [-0.25, -0.2) is 0 Å². The van der Waals surface area contributed by atoms with Crippen molar-refractivity contribution < 1.29 is 0 Å². The zero-order valence-electron chi connectivity index (χ0n) is 27.0. The number of hydrogen-bond donors (Lipinski definition) is 0. The standard InChI is InChI=1S/C48H28S2/c1-2-12-29(13-3-1)44-34-14-4-6-16-36(34)45(37-17-7-5-15-35(37)44)33-25-23-30-26-32(24-22-31(30)27-33)40-28-43-46(38-18-8-10-20-41(38)49-43)47-39-19-9-11-21-42(39)50-48(40)47/h1-28H. The zero-order chi connectivity index (χ0) is 32.8. The van der Waals surface area contributed by atoms with E-state index in [0.29, 0.717) is 0 Å². The highest BCUT2D eigenvalue weighted by Crippen LogP contribution is 2.49. The molecule has 0 amide bonds. The molecule has 11 aromatic rings. The SMILES string of the molecule is c1ccc(-c2c3ccccc3c(-c3ccc4cc(-c5cc6sc7ccccc7c6c6c5sc5ccccc56)ccc4c3)c3ccccc23)cc1. The Kier molecular flexibility index (Phi) is 6.09. The van der Waals surface area contributed by atoms with E-state index in [2.05, 4.69) is 170 Å². The summed E-state index contributed by atoms with van der Waals surface area (Å²) in [5.41, 5.74) is 7.68. The highest BCUT2D eigenvalue weighted by molar-refractivity contribution is 7.28. The summed E-state index contributed by atoms with van der Waals surface area (Å²) in [5.74, 6) is 0. The summed E-state index contributed by atoms with van der Waals surface area (Å²) >= 11 is 3.83. The van der Waals surface area contributed by atoms with Gasteiger partial charge in [-0.15, -0.1) is 22.7 Å². The summed E-state index contributed by atoms with van der Waals surface area (Å²) in [6, 6.07) is 62.9. The largest absolute Gasteiger partial charge is 0.135 e. The molecule has 0 spiro atoms. The third-order valence-corrected chi connectivity index (χ3v) is 12.7. The van der Waals surface area contributed by atoms with Crippen LogP contribution in [0.4, 0.5) is 0 Å². The van der Waals surface area contributed by atoms with Crippen LogP contribution in [0.15, 0.2) is 170 Å². The summed E-state index contributed by atoms with van der Waals surface area (Å²) in [5, 5.41) is 13.1. The van der Waals surface area contributed by atoms with Crippen LogP contribution in [-0.4, -0.2) is 0 Å². The molecule has 9 aromatic carbocycles. The van der Waals surface area contributed by atoms with Crippen molar-refractivity contribution in [3.05, 3.63) is 170 Å². The summed E-state index contributed by atoms with van der Waals surface area (Å²) in [6.45, 7) is 0. The first-order valence-corrected chi connectivity index (χ1v) is 18.7. The van der Waals surface area contributed by atoms with Crippen LogP contribution in [-0.2, 0) is 0 Å². The highest BCUT2D eigenvalue weighted by atomic mass is 32.1. The van der Waals surface area contributed by atoms with Crippen LogP contribution in [0.2, 0.25) is 0 Å². The predicted molar refractivity (Wildman–Crippen MR) is 221 cm³/mol. The van der Waals surface area contributed by atoms with E-state index in [9.17, 15) is 0 Å². The molecule has 0 saturated carbocycles. The van der Waals surface area contributed by atoms with Gasteiger partial charge in [-0.3, -0.25) is 0 Å². The van der Waals surface area contributed by atoms with Crippen LogP contribution in [0, 0.1) is 0 Å². The van der Waals surface area contributed by atoms with Crippen molar-refractivity contribution in [3.63, 3.8) is 0 Å². The zero-order valence-corrected chi connectivity index (χ0v) is 28.6. The third-order valence-electron chi connectivity index (χ3n) is 10.4. The topological polar surface area (TPSA) is 0 Å². The van der Waals surface area contributed by atoms with Crippen LogP contribution in [0.3, 0.4) is 0 Å².